The molecule has 0 rings (SSSR count). The maximum atomic E-state index is 11.2. The number of sulfone groups is 1. The van der Waals surface area contributed by atoms with E-state index in [-0.39, 0.29) is 5.75 Å². The van der Waals surface area contributed by atoms with E-state index >= 15 is 0 Å². The minimum atomic E-state index is -2.78. The Morgan fingerprint density at radius 1 is 1.27 bits per heavy atom. The van der Waals surface area contributed by atoms with Crippen molar-refractivity contribution in [1.82, 2.24) is 5.32 Å². The highest BCUT2D eigenvalue weighted by molar-refractivity contribution is 9.09. The molecule has 0 aliphatic carbocycles. The zero-order valence-corrected chi connectivity index (χ0v) is 12.0. The molecule has 0 aromatic heterocycles. The molecule has 15 heavy (non-hydrogen) atoms. The van der Waals surface area contributed by atoms with Crippen LogP contribution in [0.15, 0.2) is 0 Å². The second kappa shape index (κ2) is 8.53. The van der Waals surface area contributed by atoms with Crippen molar-refractivity contribution in [2.75, 3.05) is 24.6 Å². The van der Waals surface area contributed by atoms with Crippen molar-refractivity contribution >= 4 is 25.8 Å². The predicted octanol–water partition coefficient (Wildman–Crippen LogP) is 1.96. The van der Waals surface area contributed by atoms with Crippen LogP contribution in [0.2, 0.25) is 0 Å². The minimum Gasteiger partial charge on any atom is -0.317 e. The van der Waals surface area contributed by atoms with Crippen LogP contribution in [0.3, 0.4) is 0 Å². The number of rotatable bonds is 9. The van der Waals surface area contributed by atoms with Crippen molar-refractivity contribution in [2.45, 2.75) is 37.9 Å². The summed E-state index contributed by atoms with van der Waals surface area (Å²) < 4.78 is 22.3. The molecule has 0 saturated carbocycles. The summed E-state index contributed by atoms with van der Waals surface area (Å²) in [4.78, 5) is 0.573. The number of hydrogen-bond donors (Lipinski definition) is 1. The molecule has 0 heterocycles. The van der Waals surface area contributed by atoms with Crippen LogP contribution in [0.1, 0.15) is 33.1 Å². The molecular formula is C10H22BrNO2S. The summed E-state index contributed by atoms with van der Waals surface area (Å²) in [6.07, 6.45) is 2.94. The zero-order chi connectivity index (χ0) is 11.7. The lowest BCUT2D eigenvalue weighted by molar-refractivity contribution is 0.586. The van der Waals surface area contributed by atoms with E-state index in [4.69, 9.17) is 0 Å². The Labute approximate surface area is 102 Å². The Kier molecular flexibility index (Phi) is 8.75. The highest BCUT2D eigenvalue weighted by Crippen LogP contribution is 2.07. The fourth-order valence-electron chi connectivity index (χ4n) is 1.15. The zero-order valence-electron chi connectivity index (χ0n) is 9.63. The molecule has 1 unspecified atom stereocenters. The molecule has 0 aromatic rings. The molecule has 3 nitrogen and oxygen atoms in total. The van der Waals surface area contributed by atoms with E-state index in [1.165, 1.54) is 0 Å². The third-order valence-corrected chi connectivity index (χ3v) is 5.22. The number of hydrogen-bond acceptors (Lipinski definition) is 3. The number of nitrogens with one attached hydrogen (secondary N) is 1. The van der Waals surface area contributed by atoms with E-state index in [9.17, 15) is 8.42 Å². The van der Waals surface area contributed by atoms with Gasteiger partial charge in [-0.25, -0.2) is 8.42 Å². The predicted molar refractivity (Wildman–Crippen MR) is 69.4 cm³/mol. The van der Waals surface area contributed by atoms with Gasteiger partial charge in [-0.05, 0) is 32.4 Å². The lowest BCUT2D eigenvalue weighted by atomic mass is 10.2. The van der Waals surface area contributed by atoms with E-state index in [2.05, 4.69) is 28.2 Å². The largest absolute Gasteiger partial charge is 0.317 e. The summed E-state index contributed by atoms with van der Waals surface area (Å²) in [7, 11) is -2.78. The SMILES string of the molecule is CCC(Br)CCNCCCS(=O)(=O)CC. The molecule has 0 fully saturated rings. The van der Waals surface area contributed by atoms with E-state index in [1.54, 1.807) is 6.92 Å². The fourth-order valence-corrected chi connectivity index (χ4v) is 2.25. The van der Waals surface area contributed by atoms with E-state index in [0.717, 1.165) is 32.4 Å². The first-order chi connectivity index (χ1) is 7.02. The van der Waals surface area contributed by atoms with Crippen LogP contribution in [0, 0.1) is 0 Å². The first kappa shape index (κ1) is 15.4. The molecule has 0 bridgehead atoms. The van der Waals surface area contributed by atoms with Gasteiger partial charge in [0.15, 0.2) is 0 Å². The molecule has 0 aliphatic heterocycles. The van der Waals surface area contributed by atoms with Gasteiger partial charge in [0.2, 0.25) is 0 Å². The van der Waals surface area contributed by atoms with Crippen LogP contribution in [-0.4, -0.2) is 37.8 Å². The van der Waals surface area contributed by atoms with Crippen LogP contribution in [0.5, 0.6) is 0 Å². The molecule has 92 valence electrons. The van der Waals surface area contributed by atoms with Crippen LogP contribution in [-0.2, 0) is 9.84 Å². The second-order valence-electron chi connectivity index (χ2n) is 3.63. The van der Waals surface area contributed by atoms with Crippen LogP contribution in [0.4, 0.5) is 0 Å². The normalized spacial score (nSPS) is 14.1. The van der Waals surface area contributed by atoms with Crippen molar-refractivity contribution in [1.29, 1.82) is 0 Å². The molecule has 0 saturated heterocycles. The standard InChI is InChI=1S/C10H22BrNO2S/c1-3-10(11)6-8-12-7-5-9-15(13,14)4-2/h10,12H,3-9H2,1-2H3. The molecule has 0 amide bonds. The molecular weight excluding hydrogens is 278 g/mol. The lowest BCUT2D eigenvalue weighted by Crippen LogP contribution is -2.22. The number of halogens is 1. The maximum absolute atomic E-state index is 11.2. The first-order valence-electron chi connectivity index (χ1n) is 5.57. The highest BCUT2D eigenvalue weighted by atomic mass is 79.9. The van der Waals surface area contributed by atoms with Crippen molar-refractivity contribution in [3.63, 3.8) is 0 Å². The van der Waals surface area contributed by atoms with Gasteiger partial charge in [-0.3, -0.25) is 0 Å². The summed E-state index contributed by atoms with van der Waals surface area (Å²) in [6.45, 7) is 5.59. The van der Waals surface area contributed by atoms with Gasteiger partial charge in [-0.15, -0.1) is 0 Å². The second-order valence-corrected chi connectivity index (χ2v) is 7.40. The summed E-state index contributed by atoms with van der Waals surface area (Å²) in [5, 5.41) is 3.25. The third kappa shape index (κ3) is 9.33. The highest BCUT2D eigenvalue weighted by Gasteiger charge is 2.06. The molecule has 0 aromatic carbocycles. The van der Waals surface area contributed by atoms with Crippen molar-refractivity contribution < 1.29 is 8.42 Å². The van der Waals surface area contributed by atoms with Crippen LogP contribution in [0.25, 0.3) is 0 Å². The van der Waals surface area contributed by atoms with Gasteiger partial charge in [0.25, 0.3) is 0 Å². The quantitative estimate of drug-likeness (QED) is 0.523. The van der Waals surface area contributed by atoms with Gasteiger partial charge in [0.1, 0.15) is 9.84 Å². The van der Waals surface area contributed by atoms with Gasteiger partial charge in [-0.2, -0.15) is 0 Å². The summed E-state index contributed by atoms with van der Waals surface area (Å²) in [5.41, 5.74) is 0. The minimum absolute atomic E-state index is 0.256. The summed E-state index contributed by atoms with van der Waals surface area (Å²) >= 11 is 3.55. The van der Waals surface area contributed by atoms with Crippen molar-refractivity contribution in [3.05, 3.63) is 0 Å². The van der Waals surface area contributed by atoms with E-state index in [0.29, 0.717) is 10.6 Å². The third-order valence-electron chi connectivity index (χ3n) is 2.33. The van der Waals surface area contributed by atoms with E-state index in [1.807, 2.05) is 0 Å². The van der Waals surface area contributed by atoms with Crippen LogP contribution >= 0.6 is 15.9 Å². The fraction of sp³-hybridized carbons (Fsp3) is 1.00. The van der Waals surface area contributed by atoms with Crippen molar-refractivity contribution in [2.24, 2.45) is 0 Å². The Morgan fingerprint density at radius 3 is 2.47 bits per heavy atom. The summed E-state index contributed by atoms with van der Waals surface area (Å²) in [5.74, 6) is 0.564. The van der Waals surface area contributed by atoms with Crippen molar-refractivity contribution in [3.8, 4) is 0 Å². The first-order valence-corrected chi connectivity index (χ1v) is 8.30. The van der Waals surface area contributed by atoms with Crippen LogP contribution < -0.4 is 5.32 Å². The molecule has 0 aliphatic rings. The van der Waals surface area contributed by atoms with Gasteiger partial charge >= 0.3 is 0 Å². The topological polar surface area (TPSA) is 46.2 Å². The Bertz CT molecular complexity index is 242. The Balaban J connectivity index is 3.33. The number of alkyl halides is 1. The summed E-state index contributed by atoms with van der Waals surface area (Å²) in [6, 6.07) is 0. The average Bonchev–Trinajstić information content (AvgIpc) is 2.22. The average molecular weight is 300 g/mol. The molecule has 0 radical (unpaired) electrons. The Hall–Kier alpha value is 0.390. The molecule has 0 spiro atoms. The molecule has 1 atom stereocenters. The molecule has 5 heteroatoms. The van der Waals surface area contributed by atoms with Gasteiger partial charge in [0.05, 0.1) is 5.75 Å². The van der Waals surface area contributed by atoms with Gasteiger partial charge < -0.3 is 5.32 Å². The maximum Gasteiger partial charge on any atom is 0.150 e. The van der Waals surface area contributed by atoms with Gasteiger partial charge in [0, 0.05) is 10.6 Å². The smallest absolute Gasteiger partial charge is 0.150 e. The lowest BCUT2D eigenvalue weighted by Gasteiger charge is -2.07. The Morgan fingerprint density at radius 2 is 1.93 bits per heavy atom. The van der Waals surface area contributed by atoms with E-state index < -0.39 is 9.84 Å². The van der Waals surface area contributed by atoms with Gasteiger partial charge in [-0.1, -0.05) is 29.8 Å². The molecule has 1 N–H and O–H groups in total. The monoisotopic (exact) mass is 299 g/mol.